The highest BCUT2D eigenvalue weighted by molar-refractivity contribution is 9.11. The minimum atomic E-state index is -2.11. The quantitative estimate of drug-likeness (QED) is 0.113. The summed E-state index contributed by atoms with van der Waals surface area (Å²) in [6, 6.07) is 41.1. The van der Waals surface area contributed by atoms with Crippen molar-refractivity contribution in [1.29, 1.82) is 0 Å². The Kier molecular flexibility index (Phi) is 12.8. The van der Waals surface area contributed by atoms with Crippen molar-refractivity contribution in [2.75, 3.05) is 20.8 Å². The van der Waals surface area contributed by atoms with Crippen molar-refractivity contribution < 1.29 is 23.2 Å². The lowest BCUT2D eigenvalue weighted by Crippen LogP contribution is -2.56. The number of rotatable bonds is 15. The Labute approximate surface area is 309 Å². The van der Waals surface area contributed by atoms with Gasteiger partial charge in [0.15, 0.2) is 0 Å². The van der Waals surface area contributed by atoms with Gasteiger partial charge >= 0.3 is 7.12 Å². The van der Waals surface area contributed by atoms with Crippen molar-refractivity contribution in [2.45, 2.75) is 81.6 Å². The standard InChI is InChI=1S/C42H52BBrO5Si/c1-31(2)50(32(3)4,33(5)6)47-30-38(44)29-43-48-39(41(45-7,34-21-13-9-14-22-34)35-23-15-10-16-24-35)40(49-43)42(46-8,36-25-17-11-18-26-36)37-27-19-12-20-28-37/h9-29,31-33,39-40H,30H2,1-8H3/b38-29-/t39-,40-/m1/s1. The molecule has 0 N–H and O–H groups in total. The minimum Gasteiger partial charge on any atom is -0.411 e. The fourth-order valence-corrected chi connectivity index (χ4v) is 14.4. The molecule has 8 heteroatoms. The highest BCUT2D eigenvalue weighted by Gasteiger charge is 2.61. The molecule has 4 aromatic rings. The Bertz CT molecular complexity index is 1450. The second-order valence-corrected chi connectivity index (χ2v) is 20.5. The molecule has 50 heavy (non-hydrogen) atoms. The zero-order valence-corrected chi connectivity index (χ0v) is 33.3. The van der Waals surface area contributed by atoms with E-state index in [4.69, 9.17) is 23.2 Å². The smallest absolute Gasteiger partial charge is 0.411 e. The van der Waals surface area contributed by atoms with Gasteiger partial charge in [-0.25, -0.2) is 0 Å². The summed E-state index contributed by atoms with van der Waals surface area (Å²) in [6.07, 6.45) is -1.34. The molecule has 0 aromatic heterocycles. The van der Waals surface area contributed by atoms with Gasteiger partial charge in [-0.2, -0.15) is 0 Å². The number of hydrogen-bond donors (Lipinski definition) is 0. The Morgan fingerprint density at radius 3 is 1.18 bits per heavy atom. The fourth-order valence-electron chi connectivity index (χ4n) is 8.49. The van der Waals surface area contributed by atoms with Crippen LogP contribution in [0.5, 0.6) is 0 Å². The van der Waals surface area contributed by atoms with Crippen molar-refractivity contribution in [3.8, 4) is 0 Å². The van der Waals surface area contributed by atoms with E-state index in [-0.39, 0.29) is 0 Å². The van der Waals surface area contributed by atoms with Crippen LogP contribution in [0.3, 0.4) is 0 Å². The molecule has 4 aromatic carbocycles. The van der Waals surface area contributed by atoms with Gasteiger partial charge in [-0.1, -0.05) is 179 Å². The highest BCUT2D eigenvalue weighted by atomic mass is 79.9. The third-order valence-electron chi connectivity index (χ3n) is 10.6. The van der Waals surface area contributed by atoms with E-state index in [1.807, 2.05) is 78.8 Å². The second-order valence-electron chi connectivity index (χ2n) is 14.0. The monoisotopic (exact) mass is 754 g/mol. The van der Waals surface area contributed by atoms with Gasteiger partial charge in [-0.05, 0) is 44.9 Å². The molecule has 2 atom stereocenters. The molecule has 0 radical (unpaired) electrons. The normalized spacial score (nSPS) is 17.7. The number of benzene rings is 4. The predicted octanol–water partition coefficient (Wildman–Crippen LogP) is 10.4. The van der Waals surface area contributed by atoms with Gasteiger partial charge in [0.25, 0.3) is 0 Å². The van der Waals surface area contributed by atoms with Crippen LogP contribution in [-0.2, 0) is 34.4 Å². The van der Waals surface area contributed by atoms with E-state index in [1.165, 1.54) is 0 Å². The summed E-state index contributed by atoms with van der Waals surface area (Å²) >= 11 is 3.88. The summed E-state index contributed by atoms with van der Waals surface area (Å²) in [5.74, 6) is 2.00. The molecule has 1 fully saturated rings. The Balaban J connectivity index is 1.69. The number of halogens is 1. The number of methoxy groups -OCH3 is 2. The van der Waals surface area contributed by atoms with Gasteiger partial charge in [0.05, 0.1) is 6.61 Å². The van der Waals surface area contributed by atoms with Crippen LogP contribution in [0.25, 0.3) is 0 Å². The molecular weight excluding hydrogens is 703 g/mol. The Morgan fingerprint density at radius 2 is 0.920 bits per heavy atom. The van der Waals surface area contributed by atoms with Crippen molar-refractivity contribution in [2.24, 2.45) is 0 Å². The third kappa shape index (κ3) is 7.13. The first-order valence-electron chi connectivity index (χ1n) is 17.7. The molecule has 1 heterocycles. The molecule has 5 nitrogen and oxygen atoms in total. The van der Waals surface area contributed by atoms with Crippen LogP contribution in [0, 0.1) is 0 Å². The van der Waals surface area contributed by atoms with E-state index in [9.17, 15) is 0 Å². The van der Waals surface area contributed by atoms with Gasteiger partial charge in [0.1, 0.15) is 23.4 Å². The first-order chi connectivity index (χ1) is 24.1. The topological polar surface area (TPSA) is 46.2 Å². The third-order valence-corrected chi connectivity index (χ3v) is 17.1. The second kappa shape index (κ2) is 16.7. The van der Waals surface area contributed by atoms with Gasteiger partial charge in [0.2, 0.25) is 8.32 Å². The van der Waals surface area contributed by atoms with Crippen LogP contribution in [0.4, 0.5) is 0 Å². The summed E-state index contributed by atoms with van der Waals surface area (Å²) in [4.78, 5) is 0. The maximum atomic E-state index is 7.16. The lowest BCUT2D eigenvalue weighted by molar-refractivity contribution is -0.136. The lowest BCUT2D eigenvalue weighted by Gasteiger charge is -2.46. The van der Waals surface area contributed by atoms with Crippen molar-refractivity contribution in [3.05, 3.63) is 154 Å². The summed E-state index contributed by atoms with van der Waals surface area (Å²) in [7, 11) is 0.652. The fraction of sp³-hybridized carbons (Fsp3) is 0.381. The predicted molar refractivity (Wildman–Crippen MR) is 211 cm³/mol. The summed E-state index contributed by atoms with van der Waals surface area (Å²) in [6.45, 7) is 14.3. The van der Waals surface area contributed by atoms with Crippen LogP contribution in [0.15, 0.2) is 132 Å². The maximum absolute atomic E-state index is 7.16. The largest absolute Gasteiger partial charge is 0.487 e. The average Bonchev–Trinajstić information content (AvgIpc) is 3.55. The van der Waals surface area contributed by atoms with Crippen molar-refractivity contribution in [3.63, 3.8) is 0 Å². The summed E-state index contributed by atoms with van der Waals surface area (Å²) < 4.78 is 35.6. The van der Waals surface area contributed by atoms with Gasteiger partial charge < -0.3 is 23.2 Å². The van der Waals surface area contributed by atoms with E-state index in [2.05, 4.69) is 106 Å². The van der Waals surface area contributed by atoms with E-state index < -0.39 is 38.8 Å². The summed E-state index contributed by atoms with van der Waals surface area (Å²) in [5, 5.41) is 0. The highest BCUT2D eigenvalue weighted by Crippen LogP contribution is 2.51. The van der Waals surface area contributed by atoms with Gasteiger partial charge in [-0.3, -0.25) is 0 Å². The van der Waals surface area contributed by atoms with E-state index in [1.54, 1.807) is 14.2 Å². The first kappa shape index (κ1) is 38.4. The molecule has 1 aliphatic rings. The number of hydrogen-bond acceptors (Lipinski definition) is 5. The molecule has 0 aliphatic carbocycles. The van der Waals surface area contributed by atoms with Crippen LogP contribution in [0.1, 0.15) is 63.8 Å². The van der Waals surface area contributed by atoms with Crippen LogP contribution < -0.4 is 0 Å². The first-order valence-corrected chi connectivity index (χ1v) is 20.6. The molecule has 1 aliphatic heterocycles. The molecular formula is C42H52BBrO5Si. The maximum Gasteiger partial charge on any atom is 0.487 e. The van der Waals surface area contributed by atoms with Crippen molar-refractivity contribution >= 4 is 31.4 Å². The molecule has 0 saturated carbocycles. The molecule has 5 rings (SSSR count). The lowest BCUT2D eigenvalue weighted by atomic mass is 9.71. The molecule has 0 bridgehead atoms. The zero-order chi connectivity index (χ0) is 35.9. The molecule has 0 spiro atoms. The average molecular weight is 756 g/mol. The minimum absolute atomic E-state index is 0.443. The molecule has 1 saturated heterocycles. The number of ether oxygens (including phenoxy) is 2. The van der Waals surface area contributed by atoms with Gasteiger partial charge in [-0.15, -0.1) is 0 Å². The molecule has 264 valence electrons. The van der Waals surface area contributed by atoms with Crippen LogP contribution >= 0.6 is 15.9 Å². The van der Waals surface area contributed by atoms with Crippen LogP contribution in [-0.4, -0.2) is 48.5 Å². The van der Waals surface area contributed by atoms with E-state index >= 15 is 0 Å². The molecule has 0 amide bonds. The zero-order valence-electron chi connectivity index (χ0n) is 30.7. The van der Waals surface area contributed by atoms with E-state index in [0.717, 1.165) is 26.7 Å². The Morgan fingerprint density at radius 1 is 0.620 bits per heavy atom. The van der Waals surface area contributed by atoms with Crippen LogP contribution in [0.2, 0.25) is 16.6 Å². The SMILES string of the molecule is COC(c1ccccc1)(c1ccccc1)[C@@H]1OB(/C=C(\Br)CO[Si](C(C)C)(C(C)C)C(C)C)O[C@H]1C(OC)(c1ccccc1)c1ccccc1. The Hall–Kier alpha value is -2.82. The summed E-state index contributed by atoms with van der Waals surface area (Å²) in [5.41, 5.74) is 3.07. The van der Waals surface area contributed by atoms with Crippen molar-refractivity contribution in [1.82, 2.24) is 0 Å². The van der Waals surface area contributed by atoms with Gasteiger partial charge in [0, 0.05) is 18.7 Å². The van der Waals surface area contributed by atoms with E-state index in [0.29, 0.717) is 23.2 Å². The molecule has 0 unspecified atom stereocenters.